The maximum atomic E-state index is 12.9. The molecule has 0 spiro atoms. The van der Waals surface area contributed by atoms with Gasteiger partial charge in [-0.15, -0.1) is 0 Å². The molecule has 4 aromatic rings. The van der Waals surface area contributed by atoms with Crippen molar-refractivity contribution in [2.45, 2.75) is 19.6 Å². The number of hydrogen-bond donors (Lipinski definition) is 1. The Morgan fingerprint density at radius 3 is 1.21 bits per heavy atom. The van der Waals surface area contributed by atoms with E-state index in [0.29, 0.717) is 23.9 Å². The highest BCUT2D eigenvalue weighted by molar-refractivity contribution is 7.91. The molecule has 220 valence electrons. The van der Waals surface area contributed by atoms with Gasteiger partial charge in [0, 0.05) is 0 Å². The van der Waals surface area contributed by atoms with Crippen molar-refractivity contribution < 1.29 is 40.9 Å². The molecule has 0 bridgehead atoms. The second kappa shape index (κ2) is 14.0. The molecule has 0 unspecified atom stereocenters. The van der Waals surface area contributed by atoms with Gasteiger partial charge in [-0.1, -0.05) is 12.7 Å². The van der Waals surface area contributed by atoms with E-state index in [-0.39, 0.29) is 51.8 Å². The lowest BCUT2D eigenvalue weighted by molar-refractivity contribution is 0.0764. The van der Waals surface area contributed by atoms with Crippen LogP contribution < -0.4 is 14.2 Å². The highest BCUT2D eigenvalue weighted by Crippen LogP contribution is 2.26. The number of benzene rings is 4. The number of aromatic hydroxyl groups is 1. The summed E-state index contributed by atoms with van der Waals surface area (Å²) in [4.78, 5) is 0.507. The molecule has 9 nitrogen and oxygen atoms in total. The first kappa shape index (κ1) is 30.6. The summed E-state index contributed by atoms with van der Waals surface area (Å²) in [5, 5.41) is 9.37. The molecular weight excluding hydrogens is 580 g/mol. The van der Waals surface area contributed by atoms with Crippen LogP contribution in [0.5, 0.6) is 23.0 Å². The minimum absolute atomic E-state index is 0.0111. The average Bonchev–Trinajstić information content (AvgIpc) is 3.00. The van der Waals surface area contributed by atoms with Crippen LogP contribution in [0.3, 0.4) is 0 Å². The quantitative estimate of drug-likeness (QED) is 0.145. The van der Waals surface area contributed by atoms with E-state index in [9.17, 15) is 21.9 Å². The molecule has 0 fully saturated rings. The van der Waals surface area contributed by atoms with Gasteiger partial charge in [-0.25, -0.2) is 16.8 Å². The summed E-state index contributed by atoms with van der Waals surface area (Å²) in [6.45, 7) is 4.98. The van der Waals surface area contributed by atoms with Gasteiger partial charge in [-0.05, 0) is 97.1 Å². The maximum absolute atomic E-state index is 12.9. The normalized spacial score (nSPS) is 11.5. The van der Waals surface area contributed by atoms with E-state index in [4.69, 9.17) is 18.9 Å². The van der Waals surface area contributed by atoms with Crippen molar-refractivity contribution in [1.29, 1.82) is 0 Å². The summed E-state index contributed by atoms with van der Waals surface area (Å²) in [6, 6.07) is 23.7. The molecule has 0 amide bonds. The number of sulfone groups is 2. The Morgan fingerprint density at radius 1 is 0.524 bits per heavy atom. The van der Waals surface area contributed by atoms with E-state index in [1.54, 1.807) is 42.5 Å². The first-order valence-corrected chi connectivity index (χ1v) is 15.8. The van der Waals surface area contributed by atoms with Gasteiger partial charge in [-0.3, -0.25) is 0 Å². The minimum atomic E-state index is -3.70. The molecule has 4 aromatic carbocycles. The van der Waals surface area contributed by atoms with Crippen molar-refractivity contribution in [3.8, 4) is 23.0 Å². The van der Waals surface area contributed by atoms with Crippen molar-refractivity contribution >= 4 is 19.7 Å². The molecule has 11 heteroatoms. The third kappa shape index (κ3) is 7.90. The summed E-state index contributed by atoms with van der Waals surface area (Å²) in [6.07, 6.45) is 1.61. The highest BCUT2D eigenvalue weighted by atomic mass is 32.2. The van der Waals surface area contributed by atoms with Crippen LogP contribution in [-0.2, 0) is 24.4 Å². The summed E-state index contributed by atoms with van der Waals surface area (Å²) >= 11 is 0. The van der Waals surface area contributed by atoms with Crippen molar-refractivity contribution in [3.63, 3.8) is 0 Å². The van der Waals surface area contributed by atoms with Crippen LogP contribution in [0.2, 0.25) is 0 Å². The Hall–Kier alpha value is -4.32. The molecule has 0 aliphatic carbocycles. The fourth-order valence-electron chi connectivity index (χ4n) is 3.74. The van der Waals surface area contributed by atoms with Crippen molar-refractivity contribution in [3.05, 3.63) is 110 Å². The van der Waals surface area contributed by atoms with Gasteiger partial charge in [-0.2, -0.15) is 0 Å². The molecule has 0 saturated carbocycles. The predicted octanol–water partition coefficient (Wildman–Crippen LogP) is 5.10. The zero-order valence-corrected chi connectivity index (χ0v) is 24.2. The second-order valence-corrected chi connectivity index (χ2v) is 12.7. The third-order valence-corrected chi connectivity index (χ3v) is 9.48. The van der Waals surface area contributed by atoms with Crippen LogP contribution in [0.25, 0.3) is 0 Å². The van der Waals surface area contributed by atoms with E-state index < -0.39 is 19.7 Å². The van der Waals surface area contributed by atoms with E-state index >= 15 is 0 Å². The van der Waals surface area contributed by atoms with Crippen LogP contribution in [-0.4, -0.2) is 55.0 Å². The predicted molar refractivity (Wildman–Crippen MR) is 156 cm³/mol. The van der Waals surface area contributed by atoms with Gasteiger partial charge in [0.05, 0.1) is 32.8 Å². The van der Waals surface area contributed by atoms with Crippen molar-refractivity contribution in [2.24, 2.45) is 0 Å². The fourth-order valence-corrected chi connectivity index (χ4v) is 6.26. The SMILES string of the molecule is C=CCOc1ccc(S(=O)(=O)c2ccc(OCCOCCOc3ccc(S(=O)(=O)c4ccc(O)cc4)cc3)cc2)cc1. The standard InChI is InChI=1S/C31H30O9S2/c1-2-19-38-25-5-13-30(14-6-25)42(35,36)31-17-9-27(10-18-31)40-23-21-37-20-22-39-26-7-15-29(16-8-26)41(33,34)28-11-3-24(32)4-12-28/h2-18,32H,1,19-23H2. The third-order valence-electron chi connectivity index (χ3n) is 5.91. The molecule has 0 saturated heterocycles. The molecule has 0 aliphatic heterocycles. The van der Waals surface area contributed by atoms with Crippen LogP contribution in [0, 0.1) is 0 Å². The molecule has 0 atom stereocenters. The lowest BCUT2D eigenvalue weighted by Gasteiger charge is -2.10. The second-order valence-electron chi connectivity index (χ2n) is 8.82. The monoisotopic (exact) mass is 610 g/mol. The van der Waals surface area contributed by atoms with Gasteiger partial charge in [0.2, 0.25) is 19.7 Å². The Morgan fingerprint density at radius 2 is 0.857 bits per heavy atom. The van der Waals surface area contributed by atoms with Gasteiger partial charge in [0.25, 0.3) is 0 Å². The van der Waals surface area contributed by atoms with E-state index in [2.05, 4.69) is 6.58 Å². The lowest BCUT2D eigenvalue weighted by Crippen LogP contribution is -2.12. The summed E-state index contributed by atoms with van der Waals surface area (Å²) in [5.74, 6) is 1.54. The average molecular weight is 611 g/mol. The zero-order chi connectivity index (χ0) is 30.0. The summed E-state index contributed by atoms with van der Waals surface area (Å²) < 4.78 is 73.3. The Balaban J connectivity index is 1.17. The Kier molecular flexibility index (Phi) is 10.2. The highest BCUT2D eigenvalue weighted by Gasteiger charge is 2.18. The van der Waals surface area contributed by atoms with Crippen LogP contribution >= 0.6 is 0 Å². The number of phenolic OH excluding ortho intramolecular Hbond substituents is 1. The van der Waals surface area contributed by atoms with E-state index in [1.807, 2.05) is 0 Å². The smallest absolute Gasteiger partial charge is 0.206 e. The number of hydrogen-bond acceptors (Lipinski definition) is 9. The number of phenols is 1. The van der Waals surface area contributed by atoms with Gasteiger partial charge in [0.15, 0.2) is 0 Å². The zero-order valence-electron chi connectivity index (χ0n) is 22.6. The Bertz CT molecular complexity index is 1660. The first-order chi connectivity index (χ1) is 20.2. The first-order valence-electron chi connectivity index (χ1n) is 12.9. The molecule has 1 N–H and O–H groups in total. The topological polar surface area (TPSA) is 125 Å². The van der Waals surface area contributed by atoms with Gasteiger partial charge in [0.1, 0.15) is 42.8 Å². The van der Waals surface area contributed by atoms with Crippen LogP contribution in [0.4, 0.5) is 0 Å². The maximum Gasteiger partial charge on any atom is 0.206 e. The van der Waals surface area contributed by atoms with Crippen LogP contribution in [0.15, 0.2) is 129 Å². The fraction of sp³-hybridized carbons (Fsp3) is 0.161. The molecule has 0 aromatic heterocycles. The number of ether oxygens (including phenoxy) is 4. The van der Waals surface area contributed by atoms with E-state index in [1.165, 1.54) is 60.7 Å². The molecular formula is C31H30O9S2. The largest absolute Gasteiger partial charge is 0.508 e. The molecule has 0 radical (unpaired) electrons. The minimum Gasteiger partial charge on any atom is -0.508 e. The summed E-state index contributed by atoms with van der Waals surface area (Å²) in [7, 11) is -7.38. The molecule has 0 heterocycles. The van der Waals surface area contributed by atoms with Gasteiger partial charge >= 0.3 is 0 Å². The van der Waals surface area contributed by atoms with Gasteiger partial charge < -0.3 is 24.1 Å². The Labute approximate surface area is 245 Å². The summed E-state index contributed by atoms with van der Waals surface area (Å²) in [5.41, 5.74) is 0. The molecule has 4 rings (SSSR count). The number of rotatable bonds is 15. The molecule has 0 aliphatic rings. The lowest BCUT2D eigenvalue weighted by atomic mass is 10.3. The molecule has 42 heavy (non-hydrogen) atoms. The van der Waals surface area contributed by atoms with Crippen molar-refractivity contribution in [1.82, 2.24) is 0 Å². The van der Waals surface area contributed by atoms with Crippen LogP contribution in [0.1, 0.15) is 0 Å². The van der Waals surface area contributed by atoms with Crippen molar-refractivity contribution in [2.75, 3.05) is 33.0 Å². The van der Waals surface area contributed by atoms with E-state index in [0.717, 1.165) is 0 Å².